The maximum absolute atomic E-state index is 13.0. The number of hydrogen-bond donors (Lipinski definition) is 2. The van der Waals surface area contributed by atoms with Gasteiger partial charge in [0.1, 0.15) is 5.75 Å². The van der Waals surface area contributed by atoms with E-state index in [0.717, 1.165) is 24.3 Å². The monoisotopic (exact) mass is 530 g/mol. The molecule has 10 heteroatoms. The van der Waals surface area contributed by atoms with Crippen molar-refractivity contribution in [1.29, 1.82) is 0 Å². The Morgan fingerprint density at radius 2 is 1.90 bits per heavy atom. The molecule has 1 fully saturated rings. The molecule has 2 aromatic carbocycles. The highest BCUT2D eigenvalue weighted by atomic mass is 16.7. The highest BCUT2D eigenvalue weighted by Crippen LogP contribution is 2.39. The number of fused-ring (bicyclic) bond motifs is 5. The number of nitrogens with one attached hydrogen (secondary N) is 2. The maximum Gasteiger partial charge on any atom is 0.262 e. The molecule has 4 heterocycles. The van der Waals surface area contributed by atoms with Gasteiger partial charge in [0.25, 0.3) is 17.4 Å². The number of carbonyl (C=O) groups excluding carboxylic acids is 2. The van der Waals surface area contributed by atoms with E-state index in [0.29, 0.717) is 54.1 Å². The van der Waals surface area contributed by atoms with Gasteiger partial charge in [-0.05, 0) is 55.7 Å². The lowest BCUT2D eigenvalue weighted by molar-refractivity contribution is -0.118. The molecule has 0 radical (unpaired) electrons. The first-order valence-electron chi connectivity index (χ1n) is 13.2. The second-order valence-corrected chi connectivity index (χ2v) is 10.0. The third kappa shape index (κ3) is 5.01. The fourth-order valence-corrected chi connectivity index (χ4v) is 5.71. The van der Waals surface area contributed by atoms with Crippen LogP contribution < -0.4 is 35.3 Å². The first kappa shape index (κ1) is 24.8. The third-order valence-electron chi connectivity index (χ3n) is 7.40. The van der Waals surface area contributed by atoms with E-state index in [1.165, 1.54) is 0 Å². The van der Waals surface area contributed by atoms with Gasteiger partial charge in [-0.25, -0.2) is 0 Å². The molecule has 0 aliphatic carbocycles. The Bertz CT molecular complexity index is 1480. The molecule has 202 valence electrons. The molecule has 2 N–H and O–H groups in total. The summed E-state index contributed by atoms with van der Waals surface area (Å²) in [7, 11) is 0. The average Bonchev–Trinajstić information content (AvgIpc) is 3.41. The molecule has 0 spiro atoms. The molecule has 2 bridgehead atoms. The zero-order valence-electron chi connectivity index (χ0n) is 21.6. The lowest BCUT2D eigenvalue weighted by Crippen LogP contribution is -2.47. The van der Waals surface area contributed by atoms with Crippen LogP contribution in [0.4, 0.5) is 11.4 Å². The number of ether oxygens (including phenoxy) is 3. The molecule has 1 saturated heterocycles. The van der Waals surface area contributed by atoms with Crippen LogP contribution in [0.3, 0.4) is 0 Å². The summed E-state index contributed by atoms with van der Waals surface area (Å²) in [5.41, 5.74) is 2.92. The van der Waals surface area contributed by atoms with Gasteiger partial charge in [0.15, 0.2) is 18.1 Å². The van der Waals surface area contributed by atoms with Crippen LogP contribution in [0.1, 0.15) is 35.3 Å². The van der Waals surface area contributed by atoms with Gasteiger partial charge in [0.05, 0.1) is 11.4 Å². The van der Waals surface area contributed by atoms with Crippen LogP contribution in [-0.4, -0.2) is 49.4 Å². The van der Waals surface area contributed by atoms with Crippen molar-refractivity contribution in [2.75, 3.05) is 43.3 Å². The number of anilines is 2. The number of amides is 2. The fraction of sp³-hybridized carbons (Fsp3) is 0.345. The Balaban J connectivity index is 1.23. The van der Waals surface area contributed by atoms with Crippen molar-refractivity contribution in [3.8, 4) is 17.2 Å². The minimum Gasteiger partial charge on any atom is -0.484 e. The third-order valence-corrected chi connectivity index (χ3v) is 7.40. The zero-order chi connectivity index (χ0) is 26.9. The molecule has 6 rings (SSSR count). The predicted octanol–water partition coefficient (Wildman–Crippen LogP) is 2.97. The van der Waals surface area contributed by atoms with Crippen LogP contribution in [0.2, 0.25) is 0 Å². The smallest absolute Gasteiger partial charge is 0.262 e. The van der Waals surface area contributed by atoms with Gasteiger partial charge in [-0.3, -0.25) is 14.4 Å². The number of benzene rings is 2. The number of hydrogen-bond acceptors (Lipinski definition) is 7. The Morgan fingerprint density at radius 3 is 2.77 bits per heavy atom. The van der Waals surface area contributed by atoms with Crippen LogP contribution in [-0.2, 0) is 11.3 Å². The minimum absolute atomic E-state index is 0.0392. The van der Waals surface area contributed by atoms with Gasteiger partial charge < -0.3 is 34.3 Å². The summed E-state index contributed by atoms with van der Waals surface area (Å²) >= 11 is 0. The number of piperidine rings is 1. The van der Waals surface area contributed by atoms with Crippen molar-refractivity contribution in [2.45, 2.75) is 25.8 Å². The first-order chi connectivity index (χ1) is 19.0. The first-order valence-corrected chi connectivity index (χ1v) is 13.2. The van der Waals surface area contributed by atoms with Crippen molar-refractivity contribution in [3.63, 3.8) is 0 Å². The van der Waals surface area contributed by atoms with Crippen molar-refractivity contribution < 1.29 is 23.8 Å². The Hall–Kier alpha value is -4.47. The molecular formula is C29H30N4O6. The number of nitrogens with zero attached hydrogens (tertiary/aromatic N) is 2. The van der Waals surface area contributed by atoms with Crippen molar-refractivity contribution in [3.05, 3.63) is 76.2 Å². The van der Waals surface area contributed by atoms with Crippen molar-refractivity contribution in [2.24, 2.45) is 5.92 Å². The Kier molecular flexibility index (Phi) is 6.60. The van der Waals surface area contributed by atoms with Crippen LogP contribution in [0.25, 0.3) is 0 Å². The summed E-state index contributed by atoms with van der Waals surface area (Å²) in [6.07, 6.45) is 1.02. The van der Waals surface area contributed by atoms with Crippen LogP contribution in [0.5, 0.6) is 17.2 Å². The van der Waals surface area contributed by atoms with Crippen LogP contribution in [0, 0.1) is 5.92 Å². The molecule has 10 nitrogen and oxygen atoms in total. The number of pyridine rings is 1. The molecule has 1 aromatic heterocycles. The molecule has 39 heavy (non-hydrogen) atoms. The van der Waals surface area contributed by atoms with Crippen molar-refractivity contribution in [1.82, 2.24) is 9.88 Å². The van der Waals surface area contributed by atoms with E-state index in [1.54, 1.807) is 36.4 Å². The standard InChI is InChI=1S/C29H30N4O6/c1-2-30-29(36)19-6-8-24(32-13-18-10-20(15-32)23-4-3-5-28(35)33(23)14-18)22(11-19)31-27(34)16-37-21-7-9-25-26(12-21)39-17-38-25/h3-9,11-12,18,20H,2,10,13-17H2,1H3,(H,30,36)(H,31,34)/t18-,20+/m0/s1. The molecule has 2 amide bonds. The van der Waals surface area contributed by atoms with E-state index in [2.05, 4.69) is 15.5 Å². The largest absolute Gasteiger partial charge is 0.484 e. The van der Waals surface area contributed by atoms with E-state index >= 15 is 0 Å². The maximum atomic E-state index is 13.0. The second-order valence-electron chi connectivity index (χ2n) is 10.0. The highest BCUT2D eigenvalue weighted by molar-refractivity contribution is 6.00. The zero-order valence-corrected chi connectivity index (χ0v) is 21.6. The SMILES string of the molecule is CCNC(=O)c1ccc(N2C[C@@H]3C[C@H](C2)c2cccc(=O)n2C3)c(NC(=O)COc2ccc3c(c2)OCO3)c1. The Morgan fingerprint density at radius 1 is 1.03 bits per heavy atom. The molecule has 3 aliphatic rings. The van der Waals surface area contributed by atoms with Gasteiger partial charge in [-0.2, -0.15) is 0 Å². The predicted molar refractivity (Wildman–Crippen MR) is 145 cm³/mol. The molecular weight excluding hydrogens is 500 g/mol. The summed E-state index contributed by atoms with van der Waals surface area (Å²) in [4.78, 5) is 40.3. The number of rotatable bonds is 7. The van der Waals surface area contributed by atoms with Gasteiger partial charge in [0, 0.05) is 55.5 Å². The normalized spacial score (nSPS) is 18.7. The van der Waals surface area contributed by atoms with Gasteiger partial charge in [-0.15, -0.1) is 0 Å². The van der Waals surface area contributed by atoms with E-state index in [4.69, 9.17) is 14.2 Å². The average molecular weight is 531 g/mol. The lowest BCUT2D eigenvalue weighted by Gasteiger charge is -2.44. The van der Waals surface area contributed by atoms with E-state index in [9.17, 15) is 14.4 Å². The Labute approximate surface area is 225 Å². The number of aromatic nitrogens is 1. The highest BCUT2D eigenvalue weighted by Gasteiger charge is 2.35. The lowest BCUT2D eigenvalue weighted by atomic mass is 9.83. The summed E-state index contributed by atoms with van der Waals surface area (Å²) in [5, 5.41) is 5.78. The molecule has 0 unspecified atom stereocenters. The summed E-state index contributed by atoms with van der Waals surface area (Å²) in [5.74, 6) is 1.64. The van der Waals surface area contributed by atoms with Gasteiger partial charge in [0.2, 0.25) is 6.79 Å². The summed E-state index contributed by atoms with van der Waals surface area (Å²) in [6, 6.07) is 16.0. The number of carbonyl (C=O) groups is 2. The van der Waals surface area contributed by atoms with Crippen LogP contribution >= 0.6 is 0 Å². The summed E-state index contributed by atoms with van der Waals surface area (Å²) in [6.45, 7) is 4.42. The minimum atomic E-state index is -0.351. The topological polar surface area (TPSA) is 111 Å². The molecule has 3 aromatic rings. The summed E-state index contributed by atoms with van der Waals surface area (Å²) < 4.78 is 18.3. The van der Waals surface area contributed by atoms with E-state index in [1.807, 2.05) is 29.7 Å². The van der Waals surface area contributed by atoms with Crippen LogP contribution in [0.15, 0.2) is 59.4 Å². The van der Waals surface area contributed by atoms with Gasteiger partial charge in [-0.1, -0.05) is 6.07 Å². The second kappa shape index (κ2) is 10.4. The molecule has 0 saturated carbocycles. The molecule has 2 atom stereocenters. The van der Waals surface area contributed by atoms with E-state index < -0.39 is 0 Å². The molecule has 3 aliphatic heterocycles. The quantitative estimate of drug-likeness (QED) is 0.483. The van der Waals surface area contributed by atoms with Crippen molar-refractivity contribution >= 4 is 23.2 Å². The van der Waals surface area contributed by atoms with E-state index in [-0.39, 0.29) is 36.7 Å². The fourth-order valence-electron chi connectivity index (χ4n) is 5.71. The van der Waals surface area contributed by atoms with Gasteiger partial charge >= 0.3 is 0 Å².